The third kappa shape index (κ3) is 2.76. The van der Waals surface area contributed by atoms with E-state index in [1.807, 2.05) is 0 Å². The number of amides is 1. The van der Waals surface area contributed by atoms with Crippen molar-refractivity contribution in [2.24, 2.45) is 5.14 Å². The standard InChI is InChI=1S/C15H11ClN2O3S/c16-10-4-5-14-12(8-10)13(15(19)18-14)7-9-2-1-3-11(6-9)22(17,20)21/h1-8H,(H,18,19)(H2,17,20,21)/b13-7+. The summed E-state index contributed by atoms with van der Waals surface area (Å²) in [5, 5.41) is 8.36. The Morgan fingerprint density at radius 1 is 1.14 bits per heavy atom. The maximum absolute atomic E-state index is 12.1. The zero-order chi connectivity index (χ0) is 15.9. The molecule has 0 aromatic heterocycles. The molecule has 7 heteroatoms. The number of primary sulfonamides is 1. The molecule has 3 N–H and O–H groups in total. The molecule has 0 saturated carbocycles. The topological polar surface area (TPSA) is 89.3 Å². The minimum Gasteiger partial charge on any atom is -0.321 e. The number of benzene rings is 2. The number of carbonyl (C=O) groups excluding carboxylic acids is 1. The van der Waals surface area contributed by atoms with E-state index in [0.717, 1.165) is 0 Å². The average Bonchev–Trinajstić information content (AvgIpc) is 2.75. The summed E-state index contributed by atoms with van der Waals surface area (Å²) in [6, 6.07) is 11.2. The lowest BCUT2D eigenvalue weighted by Crippen LogP contribution is -2.12. The lowest BCUT2D eigenvalue weighted by molar-refractivity contribution is -0.110. The largest absolute Gasteiger partial charge is 0.321 e. The van der Waals surface area contributed by atoms with Crippen molar-refractivity contribution in [2.75, 3.05) is 5.32 Å². The molecule has 0 spiro atoms. The highest BCUT2D eigenvalue weighted by molar-refractivity contribution is 7.89. The molecule has 0 saturated heterocycles. The van der Waals surface area contributed by atoms with Gasteiger partial charge in [-0.05, 0) is 42.0 Å². The number of hydrogen-bond acceptors (Lipinski definition) is 3. The fraction of sp³-hybridized carbons (Fsp3) is 0. The Bertz CT molecular complexity index is 920. The van der Waals surface area contributed by atoms with E-state index in [1.165, 1.54) is 12.1 Å². The molecule has 1 heterocycles. The van der Waals surface area contributed by atoms with E-state index in [-0.39, 0.29) is 10.8 Å². The maximum atomic E-state index is 12.1. The molecule has 1 aliphatic heterocycles. The quantitative estimate of drug-likeness (QED) is 0.827. The Balaban J connectivity index is 2.11. The first-order valence-corrected chi connectivity index (χ1v) is 8.23. The average molecular weight is 335 g/mol. The molecule has 0 atom stereocenters. The smallest absolute Gasteiger partial charge is 0.256 e. The molecule has 22 heavy (non-hydrogen) atoms. The van der Waals surface area contributed by atoms with Gasteiger partial charge in [-0.1, -0.05) is 23.7 Å². The Morgan fingerprint density at radius 2 is 1.91 bits per heavy atom. The van der Waals surface area contributed by atoms with Gasteiger partial charge in [0.2, 0.25) is 10.0 Å². The van der Waals surface area contributed by atoms with Crippen molar-refractivity contribution in [3.05, 3.63) is 58.6 Å². The second-order valence-corrected chi connectivity index (χ2v) is 6.82. The normalized spacial score (nSPS) is 15.7. The predicted octanol–water partition coefficient (Wildman–Crippen LogP) is 2.48. The summed E-state index contributed by atoms with van der Waals surface area (Å²) in [4.78, 5) is 12.1. The predicted molar refractivity (Wildman–Crippen MR) is 85.8 cm³/mol. The fourth-order valence-electron chi connectivity index (χ4n) is 2.25. The first-order chi connectivity index (χ1) is 10.3. The molecule has 5 nitrogen and oxygen atoms in total. The van der Waals surface area contributed by atoms with Crippen LogP contribution in [0.25, 0.3) is 11.6 Å². The van der Waals surface area contributed by atoms with Crippen LogP contribution in [0.4, 0.5) is 5.69 Å². The Labute approximate surface area is 132 Å². The lowest BCUT2D eigenvalue weighted by Gasteiger charge is -2.02. The maximum Gasteiger partial charge on any atom is 0.256 e. The van der Waals surface area contributed by atoms with E-state index >= 15 is 0 Å². The van der Waals surface area contributed by atoms with Crippen molar-refractivity contribution in [3.8, 4) is 0 Å². The van der Waals surface area contributed by atoms with E-state index in [2.05, 4.69) is 5.32 Å². The highest BCUT2D eigenvalue weighted by atomic mass is 35.5. The summed E-state index contributed by atoms with van der Waals surface area (Å²) >= 11 is 5.96. The molecule has 0 bridgehead atoms. The van der Waals surface area contributed by atoms with Gasteiger partial charge in [-0.15, -0.1) is 0 Å². The molecule has 2 aromatic rings. The van der Waals surface area contributed by atoms with E-state index in [4.69, 9.17) is 16.7 Å². The van der Waals surface area contributed by atoms with Crippen molar-refractivity contribution in [1.29, 1.82) is 0 Å². The van der Waals surface area contributed by atoms with Gasteiger partial charge in [0.05, 0.1) is 4.90 Å². The number of nitrogens with two attached hydrogens (primary N) is 1. The number of fused-ring (bicyclic) bond motifs is 1. The molecule has 0 aliphatic carbocycles. The van der Waals surface area contributed by atoms with Gasteiger partial charge in [-0.25, -0.2) is 13.6 Å². The van der Waals surface area contributed by atoms with Crippen LogP contribution in [0.3, 0.4) is 0 Å². The first kappa shape index (κ1) is 14.8. The van der Waals surface area contributed by atoms with Crippen molar-refractivity contribution in [2.45, 2.75) is 4.90 Å². The molecule has 2 aromatic carbocycles. The fourth-order valence-corrected chi connectivity index (χ4v) is 2.99. The number of carbonyl (C=O) groups is 1. The lowest BCUT2D eigenvalue weighted by atomic mass is 10.0. The van der Waals surface area contributed by atoms with Crippen LogP contribution in [0.2, 0.25) is 5.02 Å². The Kier molecular flexibility index (Phi) is 3.52. The van der Waals surface area contributed by atoms with Gasteiger partial charge in [0.1, 0.15) is 0 Å². The highest BCUT2D eigenvalue weighted by Gasteiger charge is 2.24. The number of rotatable bonds is 2. The van der Waals surface area contributed by atoms with Gasteiger partial charge in [0.15, 0.2) is 0 Å². The van der Waals surface area contributed by atoms with Crippen LogP contribution in [-0.2, 0) is 14.8 Å². The zero-order valence-electron chi connectivity index (χ0n) is 11.2. The zero-order valence-corrected chi connectivity index (χ0v) is 12.8. The van der Waals surface area contributed by atoms with Crippen LogP contribution in [0.15, 0.2) is 47.4 Å². The molecule has 0 unspecified atom stereocenters. The summed E-state index contributed by atoms with van der Waals surface area (Å²) in [6.07, 6.45) is 1.60. The summed E-state index contributed by atoms with van der Waals surface area (Å²) in [5.74, 6) is -0.265. The third-order valence-corrected chi connectivity index (χ3v) is 4.41. The van der Waals surface area contributed by atoms with Gasteiger partial charge in [0.25, 0.3) is 5.91 Å². The number of halogens is 1. The van der Waals surface area contributed by atoms with Crippen LogP contribution in [-0.4, -0.2) is 14.3 Å². The van der Waals surface area contributed by atoms with Crippen molar-refractivity contribution >= 4 is 44.9 Å². The minimum atomic E-state index is -3.79. The van der Waals surface area contributed by atoms with Gasteiger partial charge >= 0.3 is 0 Å². The second kappa shape index (κ2) is 5.24. The summed E-state index contributed by atoms with van der Waals surface area (Å²) in [7, 11) is -3.79. The Morgan fingerprint density at radius 3 is 2.64 bits per heavy atom. The van der Waals surface area contributed by atoms with Crippen LogP contribution >= 0.6 is 11.6 Å². The van der Waals surface area contributed by atoms with Crippen molar-refractivity contribution in [3.63, 3.8) is 0 Å². The van der Waals surface area contributed by atoms with Gasteiger partial charge in [-0.2, -0.15) is 0 Å². The van der Waals surface area contributed by atoms with E-state index < -0.39 is 10.0 Å². The van der Waals surface area contributed by atoms with E-state index in [1.54, 1.807) is 36.4 Å². The molecule has 3 rings (SSSR count). The number of anilines is 1. The van der Waals surface area contributed by atoms with Crippen molar-refractivity contribution < 1.29 is 13.2 Å². The first-order valence-electron chi connectivity index (χ1n) is 6.30. The Hall–Kier alpha value is -2.15. The number of hydrogen-bond donors (Lipinski definition) is 2. The minimum absolute atomic E-state index is 0.00780. The van der Waals surface area contributed by atoms with Gasteiger partial charge in [0, 0.05) is 21.8 Å². The SMILES string of the molecule is NS(=O)(=O)c1cccc(/C=C2/C(=O)Nc3ccc(Cl)cc32)c1. The molecule has 112 valence electrons. The van der Waals surface area contributed by atoms with Crippen LogP contribution in [0.5, 0.6) is 0 Å². The molecule has 1 amide bonds. The monoisotopic (exact) mass is 334 g/mol. The molecule has 0 fully saturated rings. The van der Waals surface area contributed by atoms with E-state index in [0.29, 0.717) is 27.4 Å². The summed E-state index contributed by atoms with van der Waals surface area (Å²) < 4.78 is 22.8. The van der Waals surface area contributed by atoms with Gasteiger partial charge in [-0.3, -0.25) is 4.79 Å². The molecular formula is C15H11ClN2O3S. The number of sulfonamides is 1. The third-order valence-electron chi connectivity index (χ3n) is 3.26. The van der Waals surface area contributed by atoms with Crippen LogP contribution in [0, 0.1) is 0 Å². The molecule has 1 aliphatic rings. The highest BCUT2D eigenvalue weighted by Crippen LogP contribution is 2.35. The second-order valence-electron chi connectivity index (χ2n) is 4.82. The van der Waals surface area contributed by atoms with Crippen LogP contribution < -0.4 is 10.5 Å². The van der Waals surface area contributed by atoms with E-state index in [9.17, 15) is 13.2 Å². The summed E-state index contributed by atoms with van der Waals surface area (Å²) in [5.41, 5.74) is 2.33. The van der Waals surface area contributed by atoms with Crippen LogP contribution in [0.1, 0.15) is 11.1 Å². The van der Waals surface area contributed by atoms with Crippen molar-refractivity contribution in [1.82, 2.24) is 0 Å². The number of nitrogens with one attached hydrogen (secondary N) is 1. The molecular weight excluding hydrogens is 324 g/mol. The molecule has 0 radical (unpaired) electrons. The van der Waals surface area contributed by atoms with Gasteiger partial charge < -0.3 is 5.32 Å². The summed E-state index contributed by atoms with van der Waals surface area (Å²) in [6.45, 7) is 0.